The Kier molecular flexibility index (Phi) is 4.75. The fraction of sp³-hybridized carbons (Fsp3) is 0.400. The van der Waals surface area contributed by atoms with Crippen LogP contribution < -0.4 is 0 Å². The van der Waals surface area contributed by atoms with Crippen LogP contribution in [0.3, 0.4) is 0 Å². The SMILES string of the molecule is CCCCCCCCN1C(=O)c2cccc3cccc(c23)C1=O. The lowest BCUT2D eigenvalue weighted by atomic mass is 9.94. The molecule has 0 saturated heterocycles. The standard InChI is InChI=1S/C20H23NO2/c1-2-3-4-5-6-7-14-21-19(22)16-12-8-10-15-11-9-13-17(18(15)16)20(21)23/h8-13H,2-7,14H2,1H3. The van der Waals surface area contributed by atoms with Gasteiger partial charge in [0.15, 0.2) is 0 Å². The zero-order valence-electron chi connectivity index (χ0n) is 13.7. The molecule has 2 amide bonds. The van der Waals surface area contributed by atoms with Crippen molar-refractivity contribution in [1.82, 2.24) is 4.90 Å². The summed E-state index contributed by atoms with van der Waals surface area (Å²) in [4.78, 5) is 26.8. The van der Waals surface area contributed by atoms with Gasteiger partial charge in [-0.3, -0.25) is 14.5 Å². The molecule has 0 bridgehead atoms. The topological polar surface area (TPSA) is 37.4 Å². The van der Waals surface area contributed by atoms with Gasteiger partial charge in [-0.2, -0.15) is 0 Å². The highest BCUT2D eigenvalue weighted by Gasteiger charge is 2.31. The van der Waals surface area contributed by atoms with Crippen molar-refractivity contribution < 1.29 is 9.59 Å². The van der Waals surface area contributed by atoms with Gasteiger partial charge in [-0.15, -0.1) is 0 Å². The molecule has 0 aliphatic carbocycles. The number of carbonyl (C=O) groups excluding carboxylic acids is 2. The molecule has 0 atom stereocenters. The summed E-state index contributed by atoms with van der Waals surface area (Å²) in [5, 5.41) is 1.77. The minimum absolute atomic E-state index is 0.146. The fourth-order valence-electron chi connectivity index (χ4n) is 3.33. The number of rotatable bonds is 7. The number of unbranched alkanes of at least 4 members (excludes halogenated alkanes) is 5. The van der Waals surface area contributed by atoms with Gasteiger partial charge in [0.25, 0.3) is 11.8 Å². The van der Waals surface area contributed by atoms with E-state index < -0.39 is 0 Å². The molecule has 1 aliphatic rings. The van der Waals surface area contributed by atoms with Crippen LogP contribution in [0.4, 0.5) is 0 Å². The number of benzene rings is 2. The van der Waals surface area contributed by atoms with E-state index in [1.165, 1.54) is 30.6 Å². The lowest BCUT2D eigenvalue weighted by Crippen LogP contribution is -2.40. The molecule has 1 aliphatic heterocycles. The molecular weight excluding hydrogens is 286 g/mol. The summed E-state index contributed by atoms with van der Waals surface area (Å²) in [6.07, 6.45) is 6.86. The van der Waals surface area contributed by atoms with Crippen LogP contribution >= 0.6 is 0 Å². The van der Waals surface area contributed by atoms with Crippen LogP contribution in [-0.4, -0.2) is 23.3 Å². The molecule has 3 rings (SSSR count). The molecule has 2 aromatic rings. The minimum Gasteiger partial charge on any atom is -0.274 e. The van der Waals surface area contributed by atoms with Gasteiger partial charge in [-0.25, -0.2) is 0 Å². The van der Waals surface area contributed by atoms with Crippen molar-refractivity contribution in [1.29, 1.82) is 0 Å². The second-order valence-electron chi connectivity index (χ2n) is 6.24. The Bertz CT molecular complexity index is 685. The van der Waals surface area contributed by atoms with Crippen LogP contribution in [-0.2, 0) is 0 Å². The fourth-order valence-corrected chi connectivity index (χ4v) is 3.33. The lowest BCUT2D eigenvalue weighted by Gasteiger charge is -2.27. The van der Waals surface area contributed by atoms with Crippen molar-refractivity contribution >= 4 is 22.6 Å². The van der Waals surface area contributed by atoms with Crippen LogP contribution in [0.15, 0.2) is 36.4 Å². The predicted molar refractivity (Wildman–Crippen MR) is 92.7 cm³/mol. The first-order valence-electron chi connectivity index (χ1n) is 8.62. The maximum Gasteiger partial charge on any atom is 0.261 e. The first kappa shape index (κ1) is 15.7. The van der Waals surface area contributed by atoms with Crippen LogP contribution in [0.25, 0.3) is 10.8 Å². The van der Waals surface area contributed by atoms with E-state index in [0.717, 1.165) is 23.6 Å². The molecule has 0 spiro atoms. The monoisotopic (exact) mass is 309 g/mol. The second kappa shape index (κ2) is 6.95. The van der Waals surface area contributed by atoms with E-state index in [9.17, 15) is 9.59 Å². The van der Waals surface area contributed by atoms with Crippen molar-refractivity contribution in [3.05, 3.63) is 47.5 Å². The van der Waals surface area contributed by atoms with Gasteiger partial charge in [-0.05, 0) is 23.9 Å². The molecule has 0 N–H and O–H groups in total. The van der Waals surface area contributed by atoms with E-state index in [-0.39, 0.29) is 11.8 Å². The predicted octanol–water partition coefficient (Wildman–Crippen LogP) is 4.80. The minimum atomic E-state index is -0.146. The highest BCUT2D eigenvalue weighted by atomic mass is 16.2. The van der Waals surface area contributed by atoms with Crippen molar-refractivity contribution in [2.75, 3.05) is 6.54 Å². The molecule has 0 radical (unpaired) electrons. The van der Waals surface area contributed by atoms with E-state index in [0.29, 0.717) is 17.7 Å². The number of amides is 2. The third-order valence-electron chi connectivity index (χ3n) is 4.59. The van der Waals surface area contributed by atoms with E-state index >= 15 is 0 Å². The molecule has 0 saturated carbocycles. The second-order valence-corrected chi connectivity index (χ2v) is 6.24. The maximum absolute atomic E-state index is 12.7. The van der Waals surface area contributed by atoms with Crippen LogP contribution in [0.5, 0.6) is 0 Å². The third kappa shape index (κ3) is 3.00. The normalized spacial score (nSPS) is 13.9. The van der Waals surface area contributed by atoms with Crippen LogP contribution in [0, 0.1) is 0 Å². The first-order valence-corrected chi connectivity index (χ1v) is 8.62. The Hall–Kier alpha value is -2.16. The van der Waals surface area contributed by atoms with Gasteiger partial charge in [0.05, 0.1) is 0 Å². The molecule has 1 heterocycles. The van der Waals surface area contributed by atoms with Gasteiger partial charge < -0.3 is 0 Å². The zero-order valence-corrected chi connectivity index (χ0v) is 13.7. The average molecular weight is 309 g/mol. The summed E-state index contributed by atoms with van der Waals surface area (Å²) >= 11 is 0. The molecule has 0 fully saturated rings. The zero-order chi connectivity index (χ0) is 16.2. The van der Waals surface area contributed by atoms with Crippen molar-refractivity contribution in [3.8, 4) is 0 Å². The molecule has 0 unspecified atom stereocenters. The van der Waals surface area contributed by atoms with Crippen LogP contribution in [0.1, 0.15) is 66.2 Å². The molecule has 2 aromatic carbocycles. The van der Waals surface area contributed by atoms with E-state index in [4.69, 9.17) is 0 Å². The van der Waals surface area contributed by atoms with Gasteiger partial charge in [0.1, 0.15) is 0 Å². The van der Waals surface area contributed by atoms with E-state index in [2.05, 4.69) is 6.92 Å². The van der Waals surface area contributed by atoms with Crippen LogP contribution in [0.2, 0.25) is 0 Å². The molecule has 120 valence electrons. The number of nitrogens with zero attached hydrogens (tertiary/aromatic N) is 1. The van der Waals surface area contributed by atoms with Crippen molar-refractivity contribution in [2.45, 2.75) is 45.4 Å². The largest absolute Gasteiger partial charge is 0.274 e. The maximum atomic E-state index is 12.7. The summed E-state index contributed by atoms with van der Waals surface area (Å²) < 4.78 is 0. The Balaban J connectivity index is 1.75. The number of imide groups is 1. The van der Waals surface area contributed by atoms with Gasteiger partial charge in [0.2, 0.25) is 0 Å². The smallest absolute Gasteiger partial charge is 0.261 e. The van der Waals surface area contributed by atoms with Gasteiger partial charge in [0, 0.05) is 23.1 Å². The molecule has 3 heteroatoms. The molecule has 23 heavy (non-hydrogen) atoms. The Morgan fingerprint density at radius 3 is 1.96 bits per heavy atom. The highest BCUT2D eigenvalue weighted by Crippen LogP contribution is 2.30. The number of hydrogen-bond acceptors (Lipinski definition) is 2. The summed E-state index contributed by atoms with van der Waals surface area (Å²) in [7, 11) is 0. The summed E-state index contributed by atoms with van der Waals surface area (Å²) in [5.41, 5.74) is 1.31. The highest BCUT2D eigenvalue weighted by molar-refractivity contribution is 6.25. The van der Waals surface area contributed by atoms with Gasteiger partial charge >= 0.3 is 0 Å². The Morgan fingerprint density at radius 1 is 0.783 bits per heavy atom. The Morgan fingerprint density at radius 2 is 1.35 bits per heavy atom. The molecular formula is C20H23NO2. The lowest BCUT2D eigenvalue weighted by molar-refractivity contribution is 0.0608. The average Bonchev–Trinajstić information content (AvgIpc) is 2.58. The van der Waals surface area contributed by atoms with E-state index in [1.54, 1.807) is 0 Å². The van der Waals surface area contributed by atoms with Crippen molar-refractivity contribution in [3.63, 3.8) is 0 Å². The Labute approximate surface area is 137 Å². The quantitative estimate of drug-likeness (QED) is 0.544. The number of hydrogen-bond donors (Lipinski definition) is 0. The summed E-state index contributed by atoms with van der Waals surface area (Å²) in [6.45, 7) is 2.72. The number of carbonyl (C=O) groups is 2. The van der Waals surface area contributed by atoms with Crippen molar-refractivity contribution in [2.24, 2.45) is 0 Å². The third-order valence-corrected chi connectivity index (χ3v) is 4.59. The van der Waals surface area contributed by atoms with Gasteiger partial charge in [-0.1, -0.05) is 63.3 Å². The molecule has 0 aromatic heterocycles. The van der Waals surface area contributed by atoms with E-state index in [1.807, 2.05) is 36.4 Å². The molecule has 3 nitrogen and oxygen atoms in total. The first-order chi connectivity index (χ1) is 11.2. The summed E-state index contributed by atoms with van der Waals surface area (Å²) in [5.74, 6) is -0.291. The summed E-state index contributed by atoms with van der Waals surface area (Å²) in [6, 6.07) is 11.3.